The lowest BCUT2D eigenvalue weighted by Gasteiger charge is -2.11. The van der Waals surface area contributed by atoms with Gasteiger partial charge in [-0.25, -0.2) is 0 Å². The Bertz CT molecular complexity index is 323. The van der Waals surface area contributed by atoms with Crippen LogP contribution in [0.25, 0.3) is 0 Å². The van der Waals surface area contributed by atoms with Crippen LogP contribution in [-0.4, -0.2) is 46.3 Å². The van der Waals surface area contributed by atoms with Crippen molar-refractivity contribution in [2.45, 2.75) is 19.4 Å². The van der Waals surface area contributed by atoms with Crippen LogP contribution in [0.4, 0.5) is 0 Å². The van der Waals surface area contributed by atoms with Crippen molar-refractivity contribution in [1.29, 1.82) is 0 Å². The van der Waals surface area contributed by atoms with Gasteiger partial charge >= 0.3 is 13.6 Å². The van der Waals surface area contributed by atoms with Crippen molar-refractivity contribution in [3.05, 3.63) is 11.6 Å². The third-order valence-corrected chi connectivity index (χ3v) is 2.63. The number of rotatable bonds is 7. The van der Waals surface area contributed by atoms with Crippen LogP contribution in [-0.2, 0) is 14.1 Å². The number of hydrogen-bond donors (Lipinski definition) is 4. The average Bonchev–Trinajstić information content (AvgIpc) is 2.15. The zero-order valence-corrected chi connectivity index (χ0v) is 10.5. The van der Waals surface area contributed by atoms with Crippen molar-refractivity contribution in [3.8, 4) is 0 Å². The van der Waals surface area contributed by atoms with E-state index in [-0.39, 0.29) is 25.2 Å². The summed E-state index contributed by atoms with van der Waals surface area (Å²) in [5, 5.41) is 8.74. The molecule has 0 radical (unpaired) electrons. The van der Waals surface area contributed by atoms with Crippen LogP contribution in [0.5, 0.6) is 0 Å². The highest BCUT2D eigenvalue weighted by atomic mass is 31.2. The molecule has 0 aliphatic carbocycles. The topological polar surface area (TPSA) is 130 Å². The van der Waals surface area contributed by atoms with Gasteiger partial charge in [-0.05, 0) is 13.3 Å². The van der Waals surface area contributed by atoms with E-state index in [0.717, 1.165) is 0 Å². The van der Waals surface area contributed by atoms with Gasteiger partial charge in [-0.1, -0.05) is 11.6 Å². The lowest BCUT2D eigenvalue weighted by molar-refractivity contribution is -0.143. The van der Waals surface area contributed by atoms with Crippen molar-refractivity contribution < 1.29 is 29.0 Å². The van der Waals surface area contributed by atoms with Gasteiger partial charge in [-0.3, -0.25) is 9.36 Å². The molecule has 0 bridgehead atoms. The minimum absolute atomic E-state index is 0.0538. The van der Waals surface area contributed by atoms with Gasteiger partial charge in [0.15, 0.2) is 0 Å². The zero-order valence-electron chi connectivity index (χ0n) is 9.57. The van der Waals surface area contributed by atoms with Crippen LogP contribution in [0.1, 0.15) is 13.3 Å². The second-order valence-corrected chi connectivity index (χ2v) is 5.04. The number of ether oxygens (including phenoxy) is 1. The summed E-state index contributed by atoms with van der Waals surface area (Å²) in [7, 11) is -4.24. The van der Waals surface area contributed by atoms with E-state index in [1.54, 1.807) is 6.92 Å². The Balaban J connectivity index is 4.68. The lowest BCUT2D eigenvalue weighted by Crippen LogP contribution is -2.30. The van der Waals surface area contributed by atoms with Gasteiger partial charge in [-0.15, -0.1) is 0 Å². The fourth-order valence-electron chi connectivity index (χ4n) is 1.18. The third-order valence-electron chi connectivity index (χ3n) is 1.82. The molecule has 0 spiro atoms. The molecule has 0 saturated carbocycles. The smallest absolute Gasteiger partial charge is 0.329 e. The van der Waals surface area contributed by atoms with Gasteiger partial charge in [0.1, 0.15) is 6.04 Å². The van der Waals surface area contributed by atoms with E-state index in [4.69, 9.17) is 20.6 Å². The summed E-state index contributed by atoms with van der Waals surface area (Å²) in [6.07, 6.45) is 0.742. The molecule has 0 aromatic rings. The van der Waals surface area contributed by atoms with Gasteiger partial charge in [0.25, 0.3) is 0 Å². The molecule has 0 aromatic heterocycles. The van der Waals surface area contributed by atoms with Crippen LogP contribution < -0.4 is 5.73 Å². The van der Waals surface area contributed by atoms with Crippen molar-refractivity contribution >= 4 is 13.6 Å². The monoisotopic (exact) mass is 267 g/mol. The molecule has 0 aromatic carbocycles. The minimum Gasteiger partial charge on any atom is -0.465 e. The largest absolute Gasteiger partial charge is 0.465 e. The molecule has 17 heavy (non-hydrogen) atoms. The summed E-state index contributed by atoms with van der Waals surface area (Å²) in [4.78, 5) is 28.8. The molecule has 0 fully saturated rings. The summed E-state index contributed by atoms with van der Waals surface area (Å²) >= 11 is 0. The van der Waals surface area contributed by atoms with Crippen LogP contribution in [0.15, 0.2) is 11.6 Å². The molecular weight excluding hydrogens is 249 g/mol. The van der Waals surface area contributed by atoms with Crippen LogP contribution in [0.3, 0.4) is 0 Å². The maximum absolute atomic E-state index is 11.2. The van der Waals surface area contributed by atoms with Crippen molar-refractivity contribution in [3.63, 3.8) is 0 Å². The quantitative estimate of drug-likeness (QED) is 0.274. The van der Waals surface area contributed by atoms with E-state index < -0.39 is 25.8 Å². The normalized spacial score (nSPS) is 14.5. The molecule has 100 valence electrons. The summed E-state index contributed by atoms with van der Waals surface area (Å²) < 4.78 is 15.5. The number of carbonyl (C=O) groups excluding carboxylic acids is 1. The molecule has 1 atom stereocenters. The van der Waals surface area contributed by atoms with E-state index in [2.05, 4.69) is 4.74 Å². The molecule has 7 nitrogen and oxygen atoms in total. The molecule has 0 aliphatic heterocycles. The van der Waals surface area contributed by atoms with Gasteiger partial charge < -0.3 is 25.4 Å². The number of esters is 1. The summed E-state index contributed by atoms with van der Waals surface area (Å²) in [5.74, 6) is -0.673. The second-order valence-electron chi connectivity index (χ2n) is 3.40. The van der Waals surface area contributed by atoms with Gasteiger partial charge in [0, 0.05) is 6.61 Å². The number of aliphatic hydroxyl groups is 1. The lowest BCUT2D eigenvalue weighted by atomic mass is 10.1. The fourth-order valence-corrected chi connectivity index (χ4v) is 1.98. The van der Waals surface area contributed by atoms with Crippen molar-refractivity contribution in [2.75, 3.05) is 19.4 Å². The molecule has 1 unspecified atom stereocenters. The number of nitrogens with two attached hydrogens (primary N) is 1. The summed E-state index contributed by atoms with van der Waals surface area (Å²) in [6, 6.07) is -1.08. The minimum atomic E-state index is -4.24. The first kappa shape index (κ1) is 16.3. The molecule has 0 rings (SSSR count). The first-order valence-electron chi connectivity index (χ1n) is 5.07. The Morgan fingerprint density at radius 1 is 1.53 bits per heavy atom. The molecule has 0 heterocycles. The second kappa shape index (κ2) is 7.58. The van der Waals surface area contributed by atoms with Crippen molar-refractivity contribution in [2.24, 2.45) is 5.73 Å². The van der Waals surface area contributed by atoms with Crippen molar-refractivity contribution in [1.82, 2.24) is 0 Å². The molecule has 0 amide bonds. The highest BCUT2D eigenvalue weighted by Crippen LogP contribution is 2.37. The van der Waals surface area contributed by atoms with Gasteiger partial charge in [0.2, 0.25) is 0 Å². The molecule has 0 aliphatic rings. The molecular formula is C9H18NO6P. The SMILES string of the molecule is CCOC(=O)C(N)/C=C(/CCO)CP(=O)(O)O. The zero-order chi connectivity index (χ0) is 13.5. The fraction of sp³-hybridized carbons (Fsp3) is 0.667. The summed E-state index contributed by atoms with van der Waals surface area (Å²) in [6.45, 7) is 1.52. The highest BCUT2D eigenvalue weighted by Gasteiger charge is 2.19. The average molecular weight is 267 g/mol. The number of hydrogen-bond acceptors (Lipinski definition) is 5. The first-order chi connectivity index (χ1) is 7.80. The predicted octanol–water partition coefficient (Wildman–Crippen LogP) is -0.637. The van der Waals surface area contributed by atoms with E-state index in [1.807, 2.05) is 0 Å². The standard InChI is InChI=1S/C9H18NO6P/c1-2-16-9(12)8(10)5-7(3-4-11)6-17(13,14)15/h5,8,11H,2-4,6,10H2,1H3,(H2,13,14,15)/b7-5-. The number of aliphatic hydroxyl groups excluding tert-OH is 1. The third kappa shape index (κ3) is 8.06. The maximum atomic E-state index is 11.2. The Labute approximate surface area is 99.4 Å². The first-order valence-corrected chi connectivity index (χ1v) is 6.87. The Hall–Kier alpha value is -0.720. The van der Waals surface area contributed by atoms with Gasteiger partial charge in [0.05, 0.1) is 12.8 Å². The Morgan fingerprint density at radius 2 is 2.12 bits per heavy atom. The highest BCUT2D eigenvalue weighted by molar-refractivity contribution is 7.52. The molecule has 5 N–H and O–H groups in total. The molecule has 0 saturated heterocycles. The predicted molar refractivity (Wildman–Crippen MR) is 61.3 cm³/mol. The van der Waals surface area contributed by atoms with E-state index in [1.165, 1.54) is 6.08 Å². The maximum Gasteiger partial charge on any atom is 0.329 e. The van der Waals surface area contributed by atoms with Crippen LogP contribution >= 0.6 is 7.60 Å². The van der Waals surface area contributed by atoms with Gasteiger partial charge in [-0.2, -0.15) is 0 Å². The molecule has 8 heteroatoms. The van der Waals surface area contributed by atoms with Crippen LogP contribution in [0, 0.1) is 0 Å². The summed E-state index contributed by atoms with van der Waals surface area (Å²) in [5.41, 5.74) is 5.71. The Morgan fingerprint density at radius 3 is 2.53 bits per heavy atom. The van der Waals surface area contributed by atoms with E-state index in [9.17, 15) is 9.36 Å². The number of carbonyl (C=O) groups is 1. The van der Waals surface area contributed by atoms with E-state index >= 15 is 0 Å². The van der Waals surface area contributed by atoms with E-state index in [0.29, 0.717) is 0 Å². The Kier molecular flexibility index (Phi) is 7.26. The van der Waals surface area contributed by atoms with Crippen LogP contribution in [0.2, 0.25) is 0 Å².